The van der Waals surface area contributed by atoms with Crippen LogP contribution >= 0.6 is 0 Å². The Bertz CT molecular complexity index is 631. The Hall–Kier alpha value is -1.88. The van der Waals surface area contributed by atoms with Gasteiger partial charge in [0, 0.05) is 22.8 Å². The molecule has 0 radical (unpaired) electrons. The molecule has 1 aromatic carbocycles. The average molecular weight is 329 g/mol. The average Bonchev–Trinajstić information content (AvgIpc) is 3.06. The predicted molar refractivity (Wildman–Crippen MR) is 94.6 cm³/mol. The number of fused-ring (bicyclic) bond motifs is 2. The number of nitrogens with two attached hydrogens (primary N) is 1. The molecule has 0 heterocycles. The van der Waals surface area contributed by atoms with Crippen LogP contribution in [0.25, 0.3) is 0 Å². The maximum atomic E-state index is 12.6. The summed E-state index contributed by atoms with van der Waals surface area (Å²) in [5.74, 6) is 0.765. The van der Waals surface area contributed by atoms with Gasteiger partial charge in [-0.3, -0.25) is 9.59 Å². The van der Waals surface area contributed by atoms with Crippen LogP contribution in [0.2, 0.25) is 0 Å². The third-order valence-electron chi connectivity index (χ3n) is 5.19. The Morgan fingerprint density at radius 2 is 1.71 bits per heavy atom. The van der Waals surface area contributed by atoms with Gasteiger partial charge in [0.1, 0.15) is 0 Å². The van der Waals surface area contributed by atoms with Crippen molar-refractivity contribution < 1.29 is 9.59 Å². The number of anilines is 1. The zero-order valence-corrected chi connectivity index (χ0v) is 14.6. The first-order chi connectivity index (χ1) is 11.2. The van der Waals surface area contributed by atoms with Gasteiger partial charge in [0.2, 0.25) is 5.91 Å². The van der Waals surface area contributed by atoms with Crippen molar-refractivity contribution in [1.82, 2.24) is 5.32 Å². The first-order valence-corrected chi connectivity index (χ1v) is 8.73. The summed E-state index contributed by atoms with van der Waals surface area (Å²) in [5, 5.41) is 5.88. The van der Waals surface area contributed by atoms with Crippen molar-refractivity contribution in [2.24, 2.45) is 23.5 Å². The molecule has 130 valence electrons. The first kappa shape index (κ1) is 17.0. The molecular formula is C19H27N3O2. The summed E-state index contributed by atoms with van der Waals surface area (Å²) < 4.78 is 0. The normalized spacial score (nSPS) is 28.7. The summed E-state index contributed by atoms with van der Waals surface area (Å²) in [7, 11) is 0. The quantitative estimate of drug-likeness (QED) is 0.797. The highest BCUT2D eigenvalue weighted by molar-refractivity contribution is 5.96. The van der Waals surface area contributed by atoms with Gasteiger partial charge in [0.05, 0.1) is 5.92 Å². The summed E-state index contributed by atoms with van der Waals surface area (Å²) in [4.78, 5) is 24.7. The van der Waals surface area contributed by atoms with Crippen molar-refractivity contribution in [3.63, 3.8) is 0 Å². The molecule has 3 rings (SSSR count). The van der Waals surface area contributed by atoms with Gasteiger partial charge >= 0.3 is 0 Å². The Morgan fingerprint density at radius 3 is 2.25 bits per heavy atom. The monoisotopic (exact) mass is 329 g/mol. The molecule has 2 amide bonds. The molecule has 2 aliphatic rings. The predicted octanol–water partition coefficient (Wildman–Crippen LogP) is 2.53. The van der Waals surface area contributed by atoms with E-state index in [1.54, 1.807) is 24.3 Å². The minimum absolute atomic E-state index is 0.0133. The Balaban J connectivity index is 1.62. The second-order valence-corrected chi connectivity index (χ2v) is 8.21. The molecule has 1 aromatic rings. The van der Waals surface area contributed by atoms with E-state index in [4.69, 9.17) is 5.73 Å². The van der Waals surface area contributed by atoms with Crippen molar-refractivity contribution in [3.05, 3.63) is 29.8 Å². The van der Waals surface area contributed by atoms with Crippen LogP contribution in [0.15, 0.2) is 24.3 Å². The number of hydrogen-bond donors (Lipinski definition) is 3. The number of nitrogens with one attached hydrogen (secondary N) is 2. The van der Waals surface area contributed by atoms with Gasteiger partial charge in [-0.05, 0) is 76.1 Å². The largest absolute Gasteiger partial charge is 0.347 e. The van der Waals surface area contributed by atoms with Gasteiger partial charge in [-0.15, -0.1) is 0 Å². The minimum Gasteiger partial charge on any atom is -0.347 e. The molecule has 0 saturated heterocycles. The molecule has 2 saturated carbocycles. The fraction of sp³-hybridized carbons (Fsp3) is 0.579. The van der Waals surface area contributed by atoms with Crippen molar-refractivity contribution in [1.29, 1.82) is 0 Å². The molecule has 0 aliphatic heterocycles. The third-order valence-corrected chi connectivity index (χ3v) is 5.19. The number of carbonyl (C=O) groups is 2. The van der Waals surface area contributed by atoms with E-state index in [-0.39, 0.29) is 29.3 Å². The van der Waals surface area contributed by atoms with E-state index in [2.05, 4.69) is 10.6 Å². The van der Waals surface area contributed by atoms with Crippen LogP contribution in [-0.2, 0) is 4.79 Å². The highest BCUT2D eigenvalue weighted by Crippen LogP contribution is 2.47. The van der Waals surface area contributed by atoms with Crippen LogP contribution in [-0.4, -0.2) is 23.4 Å². The van der Waals surface area contributed by atoms with E-state index in [9.17, 15) is 9.59 Å². The van der Waals surface area contributed by atoms with Crippen LogP contribution in [0.5, 0.6) is 0 Å². The highest BCUT2D eigenvalue weighted by atomic mass is 16.2. The Morgan fingerprint density at radius 1 is 1.08 bits per heavy atom. The van der Waals surface area contributed by atoms with Crippen molar-refractivity contribution in [2.75, 3.05) is 5.32 Å². The second-order valence-electron chi connectivity index (χ2n) is 8.21. The van der Waals surface area contributed by atoms with Gasteiger partial charge in [0.25, 0.3) is 5.91 Å². The van der Waals surface area contributed by atoms with Gasteiger partial charge in [-0.2, -0.15) is 0 Å². The summed E-state index contributed by atoms with van der Waals surface area (Å²) in [6.07, 6.45) is 3.36. The van der Waals surface area contributed by atoms with E-state index in [0.717, 1.165) is 19.3 Å². The fourth-order valence-corrected chi connectivity index (χ4v) is 4.07. The Kier molecular flexibility index (Phi) is 4.38. The van der Waals surface area contributed by atoms with Crippen LogP contribution in [0.3, 0.4) is 0 Å². The summed E-state index contributed by atoms with van der Waals surface area (Å²) >= 11 is 0. The van der Waals surface area contributed by atoms with Gasteiger partial charge in [-0.1, -0.05) is 0 Å². The van der Waals surface area contributed by atoms with E-state index < -0.39 is 0 Å². The smallest absolute Gasteiger partial charge is 0.251 e. The molecule has 0 aromatic heterocycles. The molecule has 0 spiro atoms. The number of benzene rings is 1. The maximum absolute atomic E-state index is 12.6. The number of amides is 2. The summed E-state index contributed by atoms with van der Waals surface area (Å²) in [6, 6.07) is 7.00. The molecule has 5 heteroatoms. The topological polar surface area (TPSA) is 84.2 Å². The fourth-order valence-electron chi connectivity index (χ4n) is 4.07. The zero-order chi connectivity index (χ0) is 17.5. The minimum atomic E-state index is -0.276. The lowest BCUT2D eigenvalue weighted by Crippen LogP contribution is -2.42. The van der Waals surface area contributed by atoms with E-state index >= 15 is 0 Å². The second kappa shape index (κ2) is 6.20. The van der Waals surface area contributed by atoms with Crippen molar-refractivity contribution >= 4 is 17.5 Å². The Labute approximate surface area is 143 Å². The molecule has 4 N–H and O–H groups in total. The lowest BCUT2D eigenvalue weighted by molar-refractivity contribution is -0.121. The first-order valence-electron chi connectivity index (χ1n) is 8.73. The molecule has 2 aliphatic carbocycles. The molecule has 24 heavy (non-hydrogen) atoms. The van der Waals surface area contributed by atoms with Crippen LogP contribution in [0.1, 0.15) is 50.4 Å². The molecule has 4 unspecified atom stereocenters. The maximum Gasteiger partial charge on any atom is 0.251 e. The third kappa shape index (κ3) is 3.46. The zero-order valence-electron chi connectivity index (χ0n) is 14.6. The number of rotatable bonds is 3. The number of hydrogen-bond acceptors (Lipinski definition) is 3. The van der Waals surface area contributed by atoms with Crippen LogP contribution in [0.4, 0.5) is 5.69 Å². The van der Waals surface area contributed by atoms with Crippen molar-refractivity contribution in [3.8, 4) is 0 Å². The summed E-state index contributed by atoms with van der Waals surface area (Å²) in [5.41, 5.74) is 7.25. The standard InChI is InChI=1S/C19H27N3O2/c1-19(2,3)22-17(23)11-6-8-14(9-7-11)21-18(24)15-12-4-5-13(10-12)16(15)20/h6-9,12-13,15-16H,4-5,10,20H2,1-3H3,(H,21,24)(H,22,23). The molecular weight excluding hydrogens is 302 g/mol. The molecule has 5 nitrogen and oxygen atoms in total. The van der Waals surface area contributed by atoms with E-state index in [1.165, 1.54) is 0 Å². The SMILES string of the molecule is CC(C)(C)NC(=O)c1ccc(NC(=O)C2C3CCC(C3)C2N)cc1. The molecule has 4 atom stereocenters. The van der Waals surface area contributed by atoms with Crippen molar-refractivity contribution in [2.45, 2.75) is 51.6 Å². The van der Waals surface area contributed by atoms with Crippen LogP contribution in [0, 0.1) is 17.8 Å². The molecule has 2 fully saturated rings. The molecule has 2 bridgehead atoms. The van der Waals surface area contributed by atoms with Gasteiger partial charge in [0.15, 0.2) is 0 Å². The van der Waals surface area contributed by atoms with Crippen LogP contribution < -0.4 is 16.4 Å². The van der Waals surface area contributed by atoms with Gasteiger partial charge in [-0.25, -0.2) is 0 Å². The van der Waals surface area contributed by atoms with E-state index in [1.807, 2.05) is 20.8 Å². The lowest BCUT2D eigenvalue weighted by atomic mass is 9.84. The van der Waals surface area contributed by atoms with E-state index in [0.29, 0.717) is 23.1 Å². The lowest BCUT2D eigenvalue weighted by Gasteiger charge is -2.27. The summed E-state index contributed by atoms with van der Waals surface area (Å²) in [6.45, 7) is 5.83. The highest BCUT2D eigenvalue weighted by Gasteiger charge is 2.49. The van der Waals surface area contributed by atoms with Gasteiger partial charge < -0.3 is 16.4 Å². The number of carbonyl (C=O) groups excluding carboxylic acids is 2.